The Morgan fingerprint density at radius 2 is 1.50 bits per heavy atom. The Kier molecular flexibility index (Phi) is 4.32. The topological polar surface area (TPSA) is 21.3 Å². The Bertz CT molecular complexity index is 401. The molecule has 0 aromatic heterocycles. The predicted octanol–water partition coefficient (Wildman–Crippen LogP) is 3.98. The molecule has 0 radical (unpaired) electrons. The highest BCUT2D eigenvalue weighted by molar-refractivity contribution is 5.55. The highest BCUT2D eigenvalue weighted by atomic mass is 16.5. The number of rotatable bonds is 5. The normalized spacial score (nSPS) is 24.9. The van der Waals surface area contributed by atoms with Crippen LogP contribution in [0.5, 0.6) is 0 Å². The monoisotopic (exact) mass is 275 g/mol. The van der Waals surface area contributed by atoms with Gasteiger partial charge in [-0.15, -0.1) is 0 Å². The summed E-state index contributed by atoms with van der Waals surface area (Å²) in [5.74, 6) is 0. The van der Waals surface area contributed by atoms with Crippen LogP contribution in [0, 0.1) is 5.41 Å². The second-order valence-electron chi connectivity index (χ2n) is 6.62. The Morgan fingerprint density at radius 1 is 0.950 bits per heavy atom. The van der Waals surface area contributed by atoms with Crippen LogP contribution < -0.4 is 5.32 Å². The van der Waals surface area contributed by atoms with Crippen molar-refractivity contribution in [2.45, 2.75) is 58.3 Å². The number of hydrogen-bond donors (Lipinski definition) is 1. The van der Waals surface area contributed by atoms with Gasteiger partial charge in [0.05, 0.1) is 6.61 Å². The lowest BCUT2D eigenvalue weighted by Gasteiger charge is -2.37. The number of allylic oxidation sites excluding steroid dienone is 2. The van der Waals surface area contributed by atoms with Gasteiger partial charge < -0.3 is 10.1 Å². The van der Waals surface area contributed by atoms with Gasteiger partial charge in [0.2, 0.25) is 0 Å². The van der Waals surface area contributed by atoms with Gasteiger partial charge >= 0.3 is 0 Å². The molecule has 0 bridgehead atoms. The predicted molar refractivity (Wildman–Crippen MR) is 83.8 cm³/mol. The van der Waals surface area contributed by atoms with Crippen LogP contribution in [-0.4, -0.2) is 26.8 Å². The van der Waals surface area contributed by atoms with Crippen molar-refractivity contribution in [1.29, 1.82) is 0 Å². The second-order valence-corrected chi connectivity index (χ2v) is 6.62. The quantitative estimate of drug-likeness (QED) is 0.819. The van der Waals surface area contributed by atoms with Crippen molar-refractivity contribution in [1.82, 2.24) is 5.32 Å². The molecule has 3 rings (SSSR count). The van der Waals surface area contributed by atoms with Crippen molar-refractivity contribution < 1.29 is 4.74 Å². The Morgan fingerprint density at radius 3 is 2.00 bits per heavy atom. The van der Waals surface area contributed by atoms with Crippen molar-refractivity contribution in [3.8, 4) is 0 Å². The molecule has 2 nitrogen and oxygen atoms in total. The van der Waals surface area contributed by atoms with Crippen LogP contribution in [0.25, 0.3) is 0 Å². The summed E-state index contributed by atoms with van der Waals surface area (Å²) in [5, 5.41) is 3.63. The zero-order valence-electron chi connectivity index (χ0n) is 13.2. The minimum Gasteiger partial charge on any atom is -0.383 e. The highest BCUT2D eigenvalue weighted by Crippen LogP contribution is 2.56. The van der Waals surface area contributed by atoms with Crippen molar-refractivity contribution in [2.75, 3.05) is 26.8 Å². The van der Waals surface area contributed by atoms with E-state index in [9.17, 15) is 0 Å². The van der Waals surface area contributed by atoms with E-state index in [1.807, 2.05) is 7.11 Å². The zero-order chi connectivity index (χ0) is 14.0. The molecule has 0 amide bonds. The van der Waals surface area contributed by atoms with Gasteiger partial charge in [0.1, 0.15) is 0 Å². The van der Waals surface area contributed by atoms with Gasteiger partial charge in [-0.05, 0) is 69.1 Å². The van der Waals surface area contributed by atoms with Crippen LogP contribution >= 0.6 is 0 Å². The average molecular weight is 275 g/mol. The maximum Gasteiger partial charge on any atom is 0.0606 e. The summed E-state index contributed by atoms with van der Waals surface area (Å²) in [7, 11) is 1.87. The van der Waals surface area contributed by atoms with Gasteiger partial charge in [0, 0.05) is 19.1 Å². The maximum absolute atomic E-state index is 5.72. The summed E-state index contributed by atoms with van der Waals surface area (Å²) in [5.41, 5.74) is 7.20. The molecule has 0 aliphatic heterocycles. The molecule has 0 aromatic rings. The Labute approximate surface area is 123 Å². The van der Waals surface area contributed by atoms with E-state index < -0.39 is 0 Å². The standard InChI is InChI=1S/C18H29NO/c1-3-19-12-18(13-20-2)16-10-6-4-8-14(16)15-9-5-7-11-17(15)18/h19H,3-13H2,1-2H3. The minimum absolute atomic E-state index is 0.205. The SMILES string of the molecule is CCNCC1(COC)C2=C(CCCC2)C2=C1CCCC2. The number of hydrogen-bond acceptors (Lipinski definition) is 2. The summed E-state index contributed by atoms with van der Waals surface area (Å²) in [6.45, 7) is 5.21. The number of nitrogens with one attached hydrogen (secondary N) is 1. The zero-order valence-corrected chi connectivity index (χ0v) is 13.2. The molecule has 1 N–H and O–H groups in total. The van der Waals surface area contributed by atoms with E-state index in [4.69, 9.17) is 4.74 Å². The number of fused-ring (bicyclic) bond motifs is 1. The van der Waals surface area contributed by atoms with Gasteiger partial charge in [-0.2, -0.15) is 0 Å². The lowest BCUT2D eigenvalue weighted by molar-refractivity contribution is 0.120. The smallest absolute Gasteiger partial charge is 0.0606 e. The summed E-state index contributed by atoms with van der Waals surface area (Å²) < 4.78 is 5.72. The summed E-state index contributed by atoms with van der Waals surface area (Å²) in [6.07, 6.45) is 10.8. The molecule has 0 saturated carbocycles. The fraction of sp³-hybridized carbons (Fsp3) is 0.778. The third-order valence-electron chi connectivity index (χ3n) is 5.52. The van der Waals surface area contributed by atoms with E-state index >= 15 is 0 Å². The molecule has 2 heteroatoms. The fourth-order valence-corrected chi connectivity index (χ4v) is 4.74. The third-order valence-corrected chi connectivity index (χ3v) is 5.52. The van der Waals surface area contributed by atoms with Crippen molar-refractivity contribution >= 4 is 0 Å². The van der Waals surface area contributed by atoms with E-state index in [2.05, 4.69) is 12.2 Å². The molecular weight excluding hydrogens is 246 g/mol. The molecule has 0 unspecified atom stereocenters. The molecule has 0 heterocycles. The number of ether oxygens (including phenoxy) is 1. The Balaban J connectivity index is 2.03. The first-order valence-corrected chi connectivity index (χ1v) is 8.48. The second kappa shape index (κ2) is 6.03. The van der Waals surface area contributed by atoms with Crippen LogP contribution in [0.2, 0.25) is 0 Å². The van der Waals surface area contributed by atoms with E-state index in [-0.39, 0.29) is 5.41 Å². The van der Waals surface area contributed by atoms with Crippen LogP contribution in [0.1, 0.15) is 58.3 Å². The van der Waals surface area contributed by atoms with E-state index in [1.54, 1.807) is 22.3 Å². The van der Waals surface area contributed by atoms with Crippen molar-refractivity contribution in [2.24, 2.45) is 5.41 Å². The van der Waals surface area contributed by atoms with Crippen molar-refractivity contribution in [3.05, 3.63) is 22.3 Å². The largest absolute Gasteiger partial charge is 0.383 e. The summed E-state index contributed by atoms with van der Waals surface area (Å²) in [4.78, 5) is 0. The van der Waals surface area contributed by atoms with Crippen LogP contribution in [0.15, 0.2) is 22.3 Å². The molecule has 112 valence electrons. The fourth-order valence-electron chi connectivity index (χ4n) is 4.74. The van der Waals surface area contributed by atoms with Crippen molar-refractivity contribution in [3.63, 3.8) is 0 Å². The van der Waals surface area contributed by atoms with Gasteiger partial charge in [-0.3, -0.25) is 0 Å². The van der Waals surface area contributed by atoms with Gasteiger partial charge in [0.25, 0.3) is 0 Å². The average Bonchev–Trinajstić information content (AvgIpc) is 2.78. The number of methoxy groups -OCH3 is 1. The molecule has 0 atom stereocenters. The summed E-state index contributed by atoms with van der Waals surface area (Å²) in [6, 6.07) is 0. The van der Waals surface area contributed by atoms with Gasteiger partial charge in [0.15, 0.2) is 0 Å². The molecule has 3 aliphatic carbocycles. The van der Waals surface area contributed by atoms with E-state index in [0.717, 1.165) is 19.7 Å². The maximum atomic E-state index is 5.72. The third kappa shape index (κ3) is 2.17. The molecule has 0 aromatic carbocycles. The van der Waals surface area contributed by atoms with Gasteiger partial charge in [-0.1, -0.05) is 18.1 Å². The highest BCUT2D eigenvalue weighted by Gasteiger charge is 2.46. The Hall–Kier alpha value is -0.600. The minimum atomic E-state index is 0.205. The van der Waals surface area contributed by atoms with Gasteiger partial charge in [-0.25, -0.2) is 0 Å². The van der Waals surface area contributed by atoms with Crippen LogP contribution in [-0.2, 0) is 4.74 Å². The molecule has 20 heavy (non-hydrogen) atoms. The molecule has 0 fully saturated rings. The van der Waals surface area contributed by atoms with Crippen LogP contribution in [0.4, 0.5) is 0 Å². The first-order valence-electron chi connectivity index (χ1n) is 8.48. The first-order chi connectivity index (χ1) is 9.83. The van der Waals surface area contributed by atoms with E-state index in [0.29, 0.717) is 0 Å². The molecule has 3 aliphatic rings. The molecule has 0 saturated heterocycles. The molecule has 0 spiro atoms. The summed E-state index contributed by atoms with van der Waals surface area (Å²) >= 11 is 0. The first kappa shape index (κ1) is 14.3. The lowest BCUT2D eigenvalue weighted by atomic mass is 9.71. The lowest BCUT2D eigenvalue weighted by Crippen LogP contribution is -2.40. The van der Waals surface area contributed by atoms with E-state index in [1.165, 1.54) is 51.4 Å². The molecular formula is C18H29NO. The van der Waals surface area contributed by atoms with Crippen LogP contribution in [0.3, 0.4) is 0 Å².